The van der Waals surface area contributed by atoms with Gasteiger partial charge < -0.3 is 68.7 Å². The zero-order valence-electron chi connectivity index (χ0n) is 25.8. The minimum Gasteiger partial charge on any atom is -0.480 e. The van der Waals surface area contributed by atoms with Crippen molar-refractivity contribution in [1.82, 2.24) is 5.32 Å². The van der Waals surface area contributed by atoms with Gasteiger partial charge >= 0.3 is 11.9 Å². The van der Waals surface area contributed by atoms with Crippen molar-refractivity contribution >= 4 is 17.8 Å². The molecule has 6 N–H and O–H groups in total. The molecule has 2 aliphatic heterocycles. The Kier molecular flexibility index (Phi) is 17.6. The summed E-state index contributed by atoms with van der Waals surface area (Å²) in [6, 6.07) is -1.03. The summed E-state index contributed by atoms with van der Waals surface area (Å²) in [4.78, 5) is 39.0. The molecule has 2 fully saturated rings. The number of unbranched alkanes of at least 4 members (excludes halogenated alkanes) is 1. The lowest BCUT2D eigenvalue weighted by Crippen LogP contribution is -2.65. The van der Waals surface area contributed by atoms with Crippen LogP contribution in [0.1, 0.15) is 26.2 Å². The summed E-state index contributed by atoms with van der Waals surface area (Å²) in [5, 5.41) is 57.0. The fraction of sp³-hybridized carbons (Fsp3) is 0.885. The zero-order valence-corrected chi connectivity index (χ0v) is 25.8. The smallest absolute Gasteiger partial charge is 0.329 e. The summed E-state index contributed by atoms with van der Waals surface area (Å²) in [7, 11) is 2.46. The fourth-order valence-corrected chi connectivity index (χ4v) is 4.99. The van der Waals surface area contributed by atoms with Crippen molar-refractivity contribution < 1.29 is 77.8 Å². The van der Waals surface area contributed by atoms with E-state index in [9.17, 15) is 34.8 Å². The molecule has 20 heteroatoms. The van der Waals surface area contributed by atoms with E-state index in [1.54, 1.807) is 6.92 Å². The molecule has 2 heterocycles. The number of aliphatic hydroxyl groups is 4. The number of nitrogens with one attached hydrogen (secondary N) is 1. The topological polar surface area (TPSA) is 287 Å². The van der Waals surface area contributed by atoms with Crippen LogP contribution in [-0.2, 0) is 52.3 Å². The van der Waals surface area contributed by atoms with Gasteiger partial charge in [0.05, 0.1) is 19.8 Å². The largest absolute Gasteiger partial charge is 0.480 e. The molecule has 20 nitrogen and oxygen atoms in total. The Morgan fingerprint density at radius 2 is 1.52 bits per heavy atom. The molecule has 0 saturated carbocycles. The minimum absolute atomic E-state index is 0.0735. The summed E-state index contributed by atoms with van der Waals surface area (Å²) in [6.07, 6.45) is -13.0. The van der Waals surface area contributed by atoms with Crippen LogP contribution >= 0.6 is 0 Å². The second kappa shape index (κ2) is 20.5. The maximum Gasteiger partial charge on any atom is 0.329 e. The summed E-state index contributed by atoms with van der Waals surface area (Å²) in [5.41, 5.74) is 8.40. The number of carboxylic acids is 1. The lowest BCUT2D eigenvalue weighted by Gasteiger charge is -2.47. The first-order valence-corrected chi connectivity index (χ1v) is 14.6. The highest BCUT2D eigenvalue weighted by molar-refractivity contribution is 5.85. The van der Waals surface area contributed by atoms with Crippen LogP contribution in [-0.4, -0.2) is 165 Å². The van der Waals surface area contributed by atoms with Gasteiger partial charge in [-0.25, -0.2) is 9.59 Å². The number of ether oxygens (including phenoxy) is 8. The van der Waals surface area contributed by atoms with Crippen molar-refractivity contribution in [1.29, 1.82) is 0 Å². The van der Waals surface area contributed by atoms with Crippen LogP contribution in [0.4, 0.5) is 0 Å². The molecule has 4 unspecified atom stereocenters. The second-order valence-corrected chi connectivity index (χ2v) is 10.2. The van der Waals surface area contributed by atoms with E-state index in [0.717, 1.165) is 0 Å². The zero-order chi connectivity index (χ0) is 34.2. The van der Waals surface area contributed by atoms with E-state index in [4.69, 9.17) is 48.5 Å². The van der Waals surface area contributed by atoms with Gasteiger partial charge in [-0.1, -0.05) is 11.5 Å². The number of amides is 1. The van der Waals surface area contributed by atoms with Crippen molar-refractivity contribution in [3.63, 3.8) is 0 Å². The molecule has 1 amide bonds. The normalized spacial score (nSPS) is 31.8. The predicted octanol–water partition coefficient (Wildman–Crippen LogP) is -2.43. The van der Waals surface area contributed by atoms with E-state index in [1.807, 2.05) is 0 Å². The first-order valence-electron chi connectivity index (χ1n) is 14.6. The van der Waals surface area contributed by atoms with E-state index in [2.05, 4.69) is 15.3 Å². The number of hydrogen-bond acceptors (Lipinski definition) is 16. The summed E-state index contributed by atoms with van der Waals surface area (Å²) < 4.78 is 43.7. The Hall–Kier alpha value is -2.72. The van der Waals surface area contributed by atoms with Crippen LogP contribution in [0, 0.1) is 0 Å². The van der Waals surface area contributed by atoms with E-state index < -0.39 is 112 Å². The van der Waals surface area contributed by atoms with Crippen LogP contribution < -0.4 is 5.32 Å². The fourth-order valence-electron chi connectivity index (χ4n) is 4.99. The molecular weight excluding hydrogens is 624 g/mol. The van der Waals surface area contributed by atoms with Crippen molar-refractivity contribution in [2.45, 2.75) is 93.6 Å². The monoisotopic (exact) mass is 668 g/mol. The van der Waals surface area contributed by atoms with Crippen LogP contribution in [0.3, 0.4) is 0 Å². The molecule has 0 aromatic heterocycles. The van der Waals surface area contributed by atoms with Crippen molar-refractivity contribution in [2.75, 3.05) is 53.8 Å². The third-order valence-corrected chi connectivity index (χ3v) is 7.17. The van der Waals surface area contributed by atoms with E-state index in [1.165, 1.54) is 14.2 Å². The van der Waals surface area contributed by atoms with Crippen LogP contribution in [0.15, 0.2) is 5.11 Å². The number of methoxy groups -OCH3 is 2. The molecule has 0 radical (unpaired) electrons. The van der Waals surface area contributed by atoms with Gasteiger partial charge in [0.25, 0.3) is 0 Å². The summed E-state index contributed by atoms with van der Waals surface area (Å²) in [5.74, 6) is -2.80. The number of rotatable bonds is 20. The molecule has 2 aliphatic rings. The molecule has 2 saturated heterocycles. The van der Waals surface area contributed by atoms with Crippen molar-refractivity contribution in [3.8, 4) is 0 Å². The number of esters is 1. The minimum atomic E-state index is -1.68. The molecule has 11 atom stereocenters. The van der Waals surface area contributed by atoms with E-state index >= 15 is 0 Å². The van der Waals surface area contributed by atoms with Crippen molar-refractivity contribution in [3.05, 3.63) is 10.4 Å². The molecule has 2 rings (SSSR count). The third kappa shape index (κ3) is 11.2. The Morgan fingerprint density at radius 1 is 0.913 bits per heavy atom. The molecule has 264 valence electrons. The Labute approximate surface area is 264 Å². The second-order valence-electron chi connectivity index (χ2n) is 10.2. The number of carbonyl (C=O) groups is 3. The third-order valence-electron chi connectivity index (χ3n) is 7.17. The molecule has 0 spiro atoms. The number of nitrogens with zero attached hydrogens (tertiary/aromatic N) is 3. The van der Waals surface area contributed by atoms with Crippen LogP contribution in [0.2, 0.25) is 0 Å². The molecule has 46 heavy (non-hydrogen) atoms. The highest BCUT2D eigenvalue weighted by Crippen LogP contribution is 2.32. The highest BCUT2D eigenvalue weighted by Gasteiger charge is 2.52. The molecule has 0 aromatic carbocycles. The molecule has 0 bridgehead atoms. The first-order chi connectivity index (χ1) is 22.1. The van der Waals surface area contributed by atoms with Gasteiger partial charge in [0.1, 0.15) is 68.1 Å². The number of carbonyl (C=O) groups excluding carboxylic acids is 2. The Morgan fingerprint density at radius 3 is 2.11 bits per heavy atom. The quantitative estimate of drug-likeness (QED) is 0.0258. The number of azide groups is 1. The summed E-state index contributed by atoms with van der Waals surface area (Å²) >= 11 is 0. The lowest BCUT2D eigenvalue weighted by atomic mass is 9.96. The SMILES string of the molecule is CCOC(=O)[C@H](CCCCN=[N+]=[N-])NC(=O)COC1[C@H](OC)OC(CO)[C@@H](O[C@@H]2OC(CO)[C@@H](OC)[C@H](O)C2OCC(=O)O)[C@@H]1O. The predicted molar refractivity (Wildman–Crippen MR) is 150 cm³/mol. The number of aliphatic carboxylic acids is 1. The average Bonchev–Trinajstić information content (AvgIpc) is 3.03. The maximum atomic E-state index is 12.8. The highest BCUT2D eigenvalue weighted by atomic mass is 16.8. The Balaban J connectivity index is 2.18. The van der Waals surface area contributed by atoms with Crippen LogP contribution in [0.5, 0.6) is 0 Å². The lowest BCUT2D eigenvalue weighted by molar-refractivity contribution is -0.364. The van der Waals surface area contributed by atoms with E-state index in [-0.39, 0.29) is 19.6 Å². The average molecular weight is 669 g/mol. The van der Waals surface area contributed by atoms with Gasteiger partial charge in [-0.2, -0.15) is 0 Å². The Bertz CT molecular complexity index is 1000. The number of aliphatic hydroxyl groups excluding tert-OH is 4. The van der Waals surface area contributed by atoms with Gasteiger partial charge in [0, 0.05) is 25.7 Å². The van der Waals surface area contributed by atoms with Gasteiger partial charge in [-0.3, -0.25) is 4.79 Å². The van der Waals surface area contributed by atoms with Gasteiger partial charge in [-0.15, -0.1) is 0 Å². The molecule has 0 aliphatic carbocycles. The van der Waals surface area contributed by atoms with Crippen molar-refractivity contribution in [2.24, 2.45) is 5.11 Å². The molecular formula is C26H44N4O16. The molecule has 0 aromatic rings. The standard InChI is InChI=1S/C26H44N4O16/c1-4-41-24(38)13(7-5-6-8-28-30-27)29-16(33)11-42-22-19(37)21(15(10-32)44-25(22)40-3)46-26-23(43-12-17(34)35)18(36)20(39-2)14(9-31)45-26/h13-15,18-23,25-26,31-32,36-37H,4-12H2,1-3H3,(H,29,33)(H,34,35)/t13-,14?,15?,18-,19-,20+,21+,22?,23?,25+,26-/m0/s1. The maximum absolute atomic E-state index is 12.8. The number of hydrogen-bond donors (Lipinski definition) is 6. The van der Waals surface area contributed by atoms with E-state index in [0.29, 0.717) is 12.8 Å². The van der Waals surface area contributed by atoms with Gasteiger partial charge in [0.15, 0.2) is 12.6 Å². The first kappa shape index (κ1) is 39.5. The van der Waals surface area contributed by atoms with Crippen LogP contribution in [0.25, 0.3) is 10.4 Å². The van der Waals surface area contributed by atoms with Gasteiger partial charge in [0.2, 0.25) is 5.91 Å². The van der Waals surface area contributed by atoms with Gasteiger partial charge in [-0.05, 0) is 25.3 Å². The summed E-state index contributed by atoms with van der Waals surface area (Å²) in [6.45, 7) is -1.02. The number of carboxylic acid groups (broad SMARTS) is 1.